The van der Waals surface area contributed by atoms with Gasteiger partial charge in [-0.05, 0) is 30.9 Å². The molecule has 2 heterocycles. The number of hydrogen-bond acceptors (Lipinski definition) is 3. The molecular formula is C17H23N3O2. The van der Waals surface area contributed by atoms with E-state index in [-0.39, 0.29) is 23.9 Å². The Hall–Kier alpha value is -1.88. The minimum absolute atomic E-state index is 0.0199. The van der Waals surface area contributed by atoms with E-state index < -0.39 is 0 Å². The average molecular weight is 301 g/mol. The minimum Gasteiger partial charge on any atom is -0.351 e. The zero-order valence-corrected chi connectivity index (χ0v) is 13.0. The van der Waals surface area contributed by atoms with Crippen molar-refractivity contribution in [3.05, 3.63) is 35.4 Å². The number of benzene rings is 1. The summed E-state index contributed by atoms with van der Waals surface area (Å²) in [5.41, 5.74) is 2.51. The molecule has 118 valence electrons. The highest BCUT2D eigenvalue weighted by Gasteiger charge is 2.26. The Bertz CT molecular complexity index is 573. The summed E-state index contributed by atoms with van der Waals surface area (Å²) >= 11 is 0. The molecule has 2 aliphatic heterocycles. The van der Waals surface area contributed by atoms with Crippen LogP contribution in [0, 0.1) is 0 Å². The summed E-state index contributed by atoms with van der Waals surface area (Å²) in [5, 5.41) is 6.32. The standard InChI is InChI=1S/C17H23N3O2/c1-12(11-20-8-4-7-16(20)21)19-17(22)15-9-13-5-2-3-6-14(13)10-18-15/h2-3,5-6,12,15,18H,4,7-11H2,1H3,(H,19,22). The molecule has 2 unspecified atom stereocenters. The van der Waals surface area contributed by atoms with Crippen molar-refractivity contribution in [1.82, 2.24) is 15.5 Å². The van der Waals surface area contributed by atoms with Crippen molar-refractivity contribution in [2.75, 3.05) is 13.1 Å². The summed E-state index contributed by atoms with van der Waals surface area (Å²) < 4.78 is 0. The Kier molecular flexibility index (Phi) is 4.43. The SMILES string of the molecule is CC(CN1CCCC1=O)NC(=O)C1Cc2ccccc2CN1. The fourth-order valence-electron chi connectivity index (χ4n) is 3.26. The van der Waals surface area contributed by atoms with Crippen LogP contribution >= 0.6 is 0 Å². The van der Waals surface area contributed by atoms with E-state index in [0.29, 0.717) is 13.0 Å². The average Bonchev–Trinajstić information content (AvgIpc) is 2.91. The Morgan fingerprint density at radius 3 is 2.91 bits per heavy atom. The number of carbonyl (C=O) groups excluding carboxylic acids is 2. The van der Waals surface area contributed by atoms with Gasteiger partial charge in [-0.2, -0.15) is 0 Å². The van der Waals surface area contributed by atoms with Gasteiger partial charge in [0.1, 0.15) is 0 Å². The highest BCUT2D eigenvalue weighted by Crippen LogP contribution is 2.16. The third-order valence-electron chi connectivity index (χ3n) is 4.45. The van der Waals surface area contributed by atoms with Gasteiger partial charge in [-0.3, -0.25) is 9.59 Å². The Labute approximate surface area is 131 Å². The van der Waals surface area contributed by atoms with Crippen molar-refractivity contribution >= 4 is 11.8 Å². The van der Waals surface area contributed by atoms with Crippen molar-refractivity contribution in [2.45, 2.75) is 44.8 Å². The first kappa shape index (κ1) is 15.0. The molecule has 2 aliphatic rings. The lowest BCUT2D eigenvalue weighted by Crippen LogP contribution is -2.52. The summed E-state index contributed by atoms with van der Waals surface area (Å²) in [6.45, 7) is 4.11. The van der Waals surface area contributed by atoms with Crippen molar-refractivity contribution < 1.29 is 9.59 Å². The quantitative estimate of drug-likeness (QED) is 0.866. The van der Waals surface area contributed by atoms with E-state index in [9.17, 15) is 9.59 Å². The second-order valence-corrected chi connectivity index (χ2v) is 6.26. The maximum Gasteiger partial charge on any atom is 0.237 e. The maximum atomic E-state index is 12.4. The number of carbonyl (C=O) groups is 2. The van der Waals surface area contributed by atoms with Crippen molar-refractivity contribution in [1.29, 1.82) is 0 Å². The molecule has 0 aromatic heterocycles. The van der Waals surface area contributed by atoms with Gasteiger partial charge in [-0.15, -0.1) is 0 Å². The van der Waals surface area contributed by atoms with Crippen LogP contribution in [0.5, 0.6) is 0 Å². The van der Waals surface area contributed by atoms with Gasteiger partial charge >= 0.3 is 0 Å². The van der Waals surface area contributed by atoms with E-state index in [0.717, 1.165) is 25.9 Å². The molecule has 5 nitrogen and oxygen atoms in total. The molecule has 1 saturated heterocycles. The predicted molar refractivity (Wildman–Crippen MR) is 84.2 cm³/mol. The second kappa shape index (κ2) is 6.48. The summed E-state index contributed by atoms with van der Waals surface area (Å²) in [7, 11) is 0. The molecule has 3 rings (SSSR count). The smallest absolute Gasteiger partial charge is 0.237 e. The molecule has 2 atom stereocenters. The van der Waals surface area contributed by atoms with Gasteiger partial charge in [-0.25, -0.2) is 0 Å². The van der Waals surface area contributed by atoms with Crippen LogP contribution < -0.4 is 10.6 Å². The van der Waals surface area contributed by atoms with Crippen LogP contribution in [-0.4, -0.2) is 41.9 Å². The first-order chi connectivity index (χ1) is 10.6. The lowest BCUT2D eigenvalue weighted by atomic mass is 9.95. The summed E-state index contributed by atoms with van der Waals surface area (Å²) in [4.78, 5) is 25.9. The van der Waals surface area contributed by atoms with Crippen LogP contribution in [0.15, 0.2) is 24.3 Å². The first-order valence-electron chi connectivity index (χ1n) is 8.02. The Morgan fingerprint density at radius 1 is 1.41 bits per heavy atom. The maximum absolute atomic E-state index is 12.4. The fourth-order valence-corrected chi connectivity index (χ4v) is 3.26. The summed E-state index contributed by atoms with van der Waals surface area (Å²) in [6.07, 6.45) is 2.29. The van der Waals surface area contributed by atoms with Gasteiger partial charge in [-0.1, -0.05) is 24.3 Å². The molecule has 0 radical (unpaired) electrons. The van der Waals surface area contributed by atoms with Crippen LogP contribution in [0.4, 0.5) is 0 Å². The number of nitrogens with zero attached hydrogens (tertiary/aromatic N) is 1. The topological polar surface area (TPSA) is 61.4 Å². The van der Waals surface area contributed by atoms with Crippen LogP contribution in [0.25, 0.3) is 0 Å². The highest BCUT2D eigenvalue weighted by molar-refractivity contribution is 5.83. The molecule has 1 aromatic carbocycles. The van der Waals surface area contributed by atoms with Gasteiger partial charge in [0.25, 0.3) is 0 Å². The molecule has 1 aromatic rings. The third-order valence-corrected chi connectivity index (χ3v) is 4.45. The summed E-state index contributed by atoms with van der Waals surface area (Å²) in [5.74, 6) is 0.222. The molecule has 2 amide bonds. The number of nitrogens with one attached hydrogen (secondary N) is 2. The number of hydrogen-bond donors (Lipinski definition) is 2. The number of fused-ring (bicyclic) bond motifs is 1. The van der Waals surface area contributed by atoms with Crippen LogP contribution in [0.3, 0.4) is 0 Å². The van der Waals surface area contributed by atoms with Crippen molar-refractivity contribution in [3.8, 4) is 0 Å². The summed E-state index contributed by atoms with van der Waals surface area (Å²) in [6, 6.07) is 8.01. The van der Waals surface area contributed by atoms with Gasteiger partial charge in [0.2, 0.25) is 11.8 Å². The van der Waals surface area contributed by atoms with E-state index in [1.807, 2.05) is 24.0 Å². The molecule has 1 fully saturated rings. The van der Waals surface area contributed by atoms with Crippen LogP contribution in [0.2, 0.25) is 0 Å². The fraction of sp³-hybridized carbons (Fsp3) is 0.529. The molecule has 0 bridgehead atoms. The molecular weight excluding hydrogens is 278 g/mol. The third kappa shape index (κ3) is 3.30. The lowest BCUT2D eigenvalue weighted by Gasteiger charge is -2.28. The first-order valence-corrected chi connectivity index (χ1v) is 8.02. The van der Waals surface area contributed by atoms with Crippen molar-refractivity contribution in [3.63, 3.8) is 0 Å². The predicted octanol–water partition coefficient (Wildman–Crippen LogP) is 0.828. The van der Waals surface area contributed by atoms with E-state index in [4.69, 9.17) is 0 Å². The van der Waals surface area contributed by atoms with Crippen molar-refractivity contribution in [2.24, 2.45) is 0 Å². The monoisotopic (exact) mass is 301 g/mol. The Balaban J connectivity index is 1.53. The van der Waals surface area contributed by atoms with Gasteiger partial charge in [0, 0.05) is 32.1 Å². The van der Waals surface area contributed by atoms with Gasteiger partial charge < -0.3 is 15.5 Å². The van der Waals surface area contributed by atoms with Crippen LogP contribution in [0.1, 0.15) is 30.9 Å². The normalized spacial score (nSPS) is 22.3. The zero-order valence-electron chi connectivity index (χ0n) is 13.0. The number of rotatable bonds is 4. The van der Waals surface area contributed by atoms with E-state index in [2.05, 4.69) is 22.8 Å². The molecule has 2 N–H and O–H groups in total. The number of amides is 2. The largest absolute Gasteiger partial charge is 0.351 e. The van der Waals surface area contributed by atoms with E-state index in [1.54, 1.807) is 0 Å². The number of likely N-dealkylation sites (tertiary alicyclic amines) is 1. The minimum atomic E-state index is -0.188. The van der Waals surface area contributed by atoms with E-state index >= 15 is 0 Å². The molecule has 22 heavy (non-hydrogen) atoms. The van der Waals surface area contributed by atoms with Gasteiger partial charge in [0.15, 0.2) is 0 Å². The lowest BCUT2D eigenvalue weighted by molar-refractivity contribution is -0.129. The van der Waals surface area contributed by atoms with Gasteiger partial charge in [0.05, 0.1) is 6.04 Å². The highest BCUT2D eigenvalue weighted by atomic mass is 16.2. The molecule has 0 aliphatic carbocycles. The van der Waals surface area contributed by atoms with E-state index in [1.165, 1.54) is 11.1 Å². The second-order valence-electron chi connectivity index (χ2n) is 6.26. The molecule has 0 saturated carbocycles. The van der Waals surface area contributed by atoms with Crippen LogP contribution in [-0.2, 0) is 22.6 Å². The zero-order chi connectivity index (χ0) is 15.5. The molecule has 5 heteroatoms. The molecule has 0 spiro atoms. The Morgan fingerprint density at radius 2 is 2.18 bits per heavy atom.